The zero-order valence-electron chi connectivity index (χ0n) is 38.7. The van der Waals surface area contributed by atoms with Gasteiger partial charge in [-0.3, -0.25) is 0 Å². The molecule has 0 radical (unpaired) electrons. The molecule has 0 spiro atoms. The van der Waals surface area contributed by atoms with Gasteiger partial charge < -0.3 is 0 Å². The Morgan fingerprint density at radius 1 is 0.417 bits per heavy atom. The zero-order chi connectivity index (χ0) is 51.7. The van der Waals surface area contributed by atoms with Crippen LogP contribution in [0.25, 0.3) is 0 Å². The molecule has 7 aromatic carbocycles. The first kappa shape index (κ1) is 52.0. The van der Waals surface area contributed by atoms with Crippen LogP contribution in [0.3, 0.4) is 0 Å². The number of nitrogens with zero attached hydrogens (tertiary/aromatic N) is 4. The maximum absolute atomic E-state index is 14.9. The molecule has 0 N–H and O–H groups in total. The van der Waals surface area contributed by atoms with Gasteiger partial charge in [0.25, 0.3) is 0 Å². The standard InChI is InChI=1S/C56H43BF6N4O3P2/c1-42(44(36-64)37-65)40-71(49-21-9-3-10-22-49,50-23-11-4-12-24-50,51-25-13-5-14-26-51)69-57(68-48-34-46(55(58,59)60)33-47(35-48)56(61,62)63)70-72(52-27-15-6-16-28-52,53-29-17-7-18-30-53,54-31-19-8-20-32-54)41-43(2)45(38-66)39-67/h3-35H,40-41H2,1-2H3. The summed E-state index contributed by atoms with van der Waals surface area (Å²) < 4.78 is 112. The summed E-state index contributed by atoms with van der Waals surface area (Å²) in [5.74, 6) is -0.942. The minimum atomic E-state index is -5.30. The molecule has 0 aliphatic carbocycles. The SMILES string of the molecule is CC(CP(OB(Oc1cc(C(F)(F)F)cc(C(F)(F)F)c1)OP(CC(C)=C(C#N)C#N)(c1ccccc1)(c1ccccc1)c1ccccc1)(c1ccccc1)(c1ccccc1)c1ccccc1)=C(C#N)C#N. The first-order valence-electron chi connectivity index (χ1n) is 22.2. The van der Waals surface area contributed by atoms with Crippen LogP contribution in [0.4, 0.5) is 26.3 Å². The fourth-order valence-corrected chi connectivity index (χ4v) is 21.1. The van der Waals surface area contributed by atoms with E-state index in [0.717, 1.165) is 0 Å². The molecule has 7 nitrogen and oxygen atoms in total. The molecule has 7 aromatic rings. The van der Waals surface area contributed by atoms with E-state index in [0.29, 0.717) is 44.0 Å². The van der Waals surface area contributed by atoms with Gasteiger partial charge in [-0.25, -0.2) is 0 Å². The van der Waals surface area contributed by atoms with Gasteiger partial charge in [-0.2, -0.15) is 0 Å². The third-order valence-corrected chi connectivity index (χ3v) is 24.4. The monoisotopic (exact) mass is 1010 g/mol. The van der Waals surface area contributed by atoms with Gasteiger partial charge in [0.1, 0.15) is 0 Å². The molecule has 360 valence electrons. The predicted octanol–water partition coefficient (Wildman–Crippen LogP) is 11.7. The van der Waals surface area contributed by atoms with Gasteiger partial charge in [-0.1, -0.05) is 0 Å². The van der Waals surface area contributed by atoms with E-state index in [4.69, 9.17) is 13.5 Å². The van der Waals surface area contributed by atoms with Crippen molar-refractivity contribution in [3.8, 4) is 30.0 Å². The van der Waals surface area contributed by atoms with Crippen LogP contribution in [-0.2, 0) is 21.2 Å². The van der Waals surface area contributed by atoms with E-state index in [2.05, 4.69) is 0 Å². The molecule has 72 heavy (non-hydrogen) atoms. The van der Waals surface area contributed by atoms with Crippen molar-refractivity contribution in [3.05, 3.63) is 234 Å². The predicted molar refractivity (Wildman–Crippen MR) is 273 cm³/mol. The molecule has 7 rings (SSSR count). The molecule has 0 aliphatic rings. The van der Waals surface area contributed by atoms with Gasteiger partial charge in [0, 0.05) is 0 Å². The van der Waals surface area contributed by atoms with Crippen LogP contribution in [0.1, 0.15) is 25.0 Å². The van der Waals surface area contributed by atoms with Crippen molar-refractivity contribution in [2.75, 3.05) is 12.3 Å². The number of hydrogen-bond acceptors (Lipinski definition) is 7. The summed E-state index contributed by atoms with van der Waals surface area (Å²) in [6.07, 6.45) is -11.1. The van der Waals surface area contributed by atoms with Crippen LogP contribution in [0.2, 0.25) is 0 Å². The van der Waals surface area contributed by atoms with Crippen LogP contribution >= 0.6 is 13.7 Å². The number of nitriles is 4. The van der Waals surface area contributed by atoms with Gasteiger partial charge in [-0.15, -0.1) is 0 Å². The number of halogens is 6. The van der Waals surface area contributed by atoms with E-state index < -0.39 is 50.2 Å². The topological polar surface area (TPSA) is 123 Å². The Labute approximate surface area is 414 Å². The Kier molecular flexibility index (Phi) is 15.1. The Morgan fingerprint density at radius 3 is 0.861 bits per heavy atom. The van der Waals surface area contributed by atoms with Crippen LogP contribution in [0.15, 0.2) is 222 Å². The average Bonchev–Trinajstić information content (AvgIpc) is 3.40. The summed E-state index contributed by atoms with van der Waals surface area (Å²) >= 11 is 0. The van der Waals surface area contributed by atoms with Gasteiger partial charge in [0.2, 0.25) is 0 Å². The van der Waals surface area contributed by atoms with E-state index >= 15 is 0 Å². The van der Waals surface area contributed by atoms with Gasteiger partial charge in [-0.05, 0) is 0 Å². The number of hydrogen-bond donors (Lipinski definition) is 0. The Morgan fingerprint density at radius 2 is 0.653 bits per heavy atom. The normalized spacial score (nSPS) is 12.7. The molecule has 0 fully saturated rings. The molecule has 0 bridgehead atoms. The molecule has 0 aliphatic heterocycles. The van der Waals surface area contributed by atoms with E-state index in [-0.39, 0.29) is 40.7 Å². The second-order valence-corrected chi connectivity index (χ2v) is 25.9. The molecule has 0 heterocycles. The van der Waals surface area contributed by atoms with Crippen molar-refractivity contribution >= 4 is 52.8 Å². The number of rotatable bonds is 16. The number of benzene rings is 7. The van der Waals surface area contributed by atoms with Crippen molar-refractivity contribution in [2.24, 2.45) is 0 Å². The van der Waals surface area contributed by atoms with Gasteiger partial charge in [0.15, 0.2) is 0 Å². The first-order chi connectivity index (χ1) is 34.5. The number of allylic oxidation sites excluding steroid dienone is 4. The molecule has 0 aromatic heterocycles. The van der Waals surface area contributed by atoms with Gasteiger partial charge >= 0.3 is 416 Å². The first-order valence-corrected chi connectivity index (χ1v) is 26.9. The van der Waals surface area contributed by atoms with Crippen LogP contribution in [-0.4, -0.2) is 19.6 Å². The van der Waals surface area contributed by atoms with Crippen molar-refractivity contribution in [2.45, 2.75) is 26.2 Å². The summed E-state index contributed by atoms with van der Waals surface area (Å²) in [4.78, 5) is 0. The molecule has 0 unspecified atom stereocenters. The van der Waals surface area contributed by atoms with Crippen LogP contribution < -0.4 is 36.5 Å². The molecule has 0 atom stereocenters. The average molecular weight is 1010 g/mol. The molecule has 16 heteroatoms. The molecular weight excluding hydrogens is 963 g/mol. The van der Waals surface area contributed by atoms with Crippen LogP contribution in [0, 0.1) is 45.3 Å². The summed E-state index contributed by atoms with van der Waals surface area (Å²) in [5, 5.41) is 44.5. The summed E-state index contributed by atoms with van der Waals surface area (Å²) in [5.41, 5.74) is -3.46. The molecule has 0 amide bonds. The quantitative estimate of drug-likeness (QED) is 0.0409. The molecule has 0 saturated heterocycles. The van der Waals surface area contributed by atoms with E-state index in [1.54, 1.807) is 196 Å². The van der Waals surface area contributed by atoms with Gasteiger partial charge in [0.05, 0.1) is 0 Å². The Hall–Kier alpha value is -7.80. The number of alkyl halides is 6. The molecular formula is C56H43BF6N4O3P2. The fraction of sp³-hybridized carbons (Fsp3) is 0.107. The zero-order valence-corrected chi connectivity index (χ0v) is 40.5. The Balaban J connectivity index is 1.77. The Bertz CT molecular complexity index is 2850. The summed E-state index contributed by atoms with van der Waals surface area (Å²) in [6, 6.07) is 61.2. The third-order valence-electron chi connectivity index (χ3n) is 12.6. The summed E-state index contributed by atoms with van der Waals surface area (Å²) in [6.45, 7) is -7.18. The van der Waals surface area contributed by atoms with Crippen molar-refractivity contribution in [3.63, 3.8) is 0 Å². The van der Waals surface area contributed by atoms with E-state index in [9.17, 15) is 47.4 Å². The third kappa shape index (κ3) is 9.55. The van der Waals surface area contributed by atoms with Crippen LogP contribution in [0.5, 0.6) is 5.75 Å². The van der Waals surface area contributed by atoms with Crippen molar-refractivity contribution in [1.82, 2.24) is 0 Å². The second kappa shape index (κ2) is 20.9. The van der Waals surface area contributed by atoms with Crippen molar-refractivity contribution < 1.29 is 39.9 Å². The minimum absolute atomic E-state index is 0.0155. The molecule has 0 saturated carbocycles. The maximum atomic E-state index is 14.9. The fourth-order valence-electron chi connectivity index (χ4n) is 9.38. The van der Waals surface area contributed by atoms with E-state index in [1.807, 2.05) is 24.3 Å². The second-order valence-electron chi connectivity index (χ2n) is 16.9. The van der Waals surface area contributed by atoms with Crippen molar-refractivity contribution in [1.29, 1.82) is 21.0 Å². The summed E-state index contributed by atoms with van der Waals surface area (Å²) in [7, 11) is -2.35. The van der Waals surface area contributed by atoms with E-state index in [1.165, 1.54) is 0 Å².